The fourth-order valence-corrected chi connectivity index (χ4v) is 7.41. The third kappa shape index (κ3) is 8.16. The Morgan fingerprint density at radius 3 is 1.66 bits per heavy atom. The Hall–Kier alpha value is -3.04. The predicted octanol–water partition coefficient (Wildman–Crippen LogP) is 10.6. The number of nitrogens with zero attached hydrogens (tertiary/aromatic N) is 2. The molecule has 2 aliphatic rings. The number of allylic oxidation sites excluding steroid dienone is 1. The van der Waals surface area contributed by atoms with Gasteiger partial charge in [-0.15, -0.1) is 0 Å². The molecule has 2 fully saturated rings. The number of rotatable bonds is 12. The summed E-state index contributed by atoms with van der Waals surface area (Å²) in [5.41, 5.74) is 9.40. The van der Waals surface area contributed by atoms with E-state index in [1.165, 1.54) is 103 Å². The molecule has 3 nitrogen and oxygen atoms in total. The molecular weight excluding hydrogens is 536 g/mol. The SMILES string of the molecule is CCC(=C(c1ccc(OCCN(C)C)cc1)c1ccc(N(C2CCCCC2)C2CCCCC2)cc1)c1ccc(C(C)C)cc1. The summed E-state index contributed by atoms with van der Waals surface area (Å²) in [6.07, 6.45) is 14.7. The Balaban J connectivity index is 1.52. The van der Waals surface area contributed by atoms with Crippen LogP contribution in [0.3, 0.4) is 0 Å². The van der Waals surface area contributed by atoms with Gasteiger partial charge in [0.05, 0.1) is 0 Å². The van der Waals surface area contributed by atoms with E-state index in [-0.39, 0.29) is 0 Å². The van der Waals surface area contributed by atoms with Crippen molar-refractivity contribution in [1.29, 1.82) is 0 Å². The number of ether oxygens (including phenoxy) is 1. The van der Waals surface area contributed by atoms with Crippen LogP contribution in [0.15, 0.2) is 72.8 Å². The van der Waals surface area contributed by atoms with E-state index in [0.29, 0.717) is 24.6 Å². The summed E-state index contributed by atoms with van der Waals surface area (Å²) in [5.74, 6) is 1.46. The third-order valence-corrected chi connectivity index (χ3v) is 9.92. The highest BCUT2D eigenvalue weighted by Gasteiger charge is 2.29. The van der Waals surface area contributed by atoms with Gasteiger partial charge in [-0.2, -0.15) is 0 Å². The van der Waals surface area contributed by atoms with Gasteiger partial charge in [-0.3, -0.25) is 0 Å². The van der Waals surface area contributed by atoms with Crippen molar-refractivity contribution in [3.8, 4) is 5.75 Å². The molecule has 0 bridgehead atoms. The van der Waals surface area contributed by atoms with Crippen molar-refractivity contribution < 1.29 is 4.74 Å². The molecule has 0 N–H and O–H groups in total. The summed E-state index contributed by atoms with van der Waals surface area (Å²) in [5, 5.41) is 0. The van der Waals surface area contributed by atoms with Gasteiger partial charge in [-0.25, -0.2) is 0 Å². The molecule has 236 valence electrons. The van der Waals surface area contributed by atoms with E-state index in [1.807, 2.05) is 0 Å². The molecule has 44 heavy (non-hydrogen) atoms. The molecule has 0 aromatic heterocycles. The lowest BCUT2D eigenvalue weighted by Gasteiger charge is -2.43. The molecule has 0 unspecified atom stereocenters. The molecular formula is C41H56N2O. The summed E-state index contributed by atoms with van der Waals surface area (Å²) in [7, 11) is 4.16. The van der Waals surface area contributed by atoms with Crippen molar-refractivity contribution in [2.45, 2.75) is 109 Å². The van der Waals surface area contributed by atoms with Crippen LogP contribution in [-0.4, -0.2) is 44.2 Å². The van der Waals surface area contributed by atoms with Crippen LogP contribution in [0.4, 0.5) is 5.69 Å². The molecule has 0 heterocycles. The molecule has 2 aliphatic carbocycles. The number of hydrogen-bond donors (Lipinski definition) is 0. The summed E-state index contributed by atoms with van der Waals surface area (Å²) in [6, 6.07) is 29.1. The van der Waals surface area contributed by atoms with E-state index >= 15 is 0 Å². The smallest absolute Gasteiger partial charge is 0.119 e. The van der Waals surface area contributed by atoms with E-state index in [9.17, 15) is 0 Å². The molecule has 5 rings (SSSR count). The van der Waals surface area contributed by atoms with Crippen LogP contribution < -0.4 is 9.64 Å². The van der Waals surface area contributed by atoms with Crippen molar-refractivity contribution in [3.63, 3.8) is 0 Å². The third-order valence-electron chi connectivity index (χ3n) is 9.92. The number of anilines is 1. The van der Waals surface area contributed by atoms with Crippen LogP contribution in [0.1, 0.15) is 120 Å². The van der Waals surface area contributed by atoms with E-state index in [0.717, 1.165) is 18.7 Å². The first-order valence-electron chi connectivity index (χ1n) is 17.5. The van der Waals surface area contributed by atoms with E-state index in [2.05, 4.69) is 117 Å². The van der Waals surface area contributed by atoms with Gasteiger partial charge in [0.15, 0.2) is 0 Å². The molecule has 3 aromatic rings. The Kier molecular flexibility index (Phi) is 11.6. The summed E-state index contributed by atoms with van der Waals surface area (Å²) < 4.78 is 6.06. The number of hydrogen-bond acceptors (Lipinski definition) is 3. The van der Waals surface area contributed by atoms with Gasteiger partial charge in [-0.05, 0) is 110 Å². The zero-order chi connectivity index (χ0) is 30.9. The highest BCUT2D eigenvalue weighted by molar-refractivity contribution is 5.98. The van der Waals surface area contributed by atoms with Crippen molar-refractivity contribution in [1.82, 2.24) is 4.90 Å². The standard InChI is InChI=1S/C41H56N2O/c1-6-40(33-19-17-32(18-20-33)31(2)3)41(35-23-27-39(28-24-35)44-30-29-42(4)5)34-21-25-38(26-22-34)43(36-13-9-7-10-14-36)37-15-11-8-12-16-37/h17-28,31,36-37H,6-16,29-30H2,1-5H3. The first kappa shape index (κ1) is 32.4. The maximum Gasteiger partial charge on any atom is 0.119 e. The van der Waals surface area contributed by atoms with Crippen LogP contribution in [0, 0.1) is 0 Å². The van der Waals surface area contributed by atoms with Crippen LogP contribution in [0.2, 0.25) is 0 Å². The van der Waals surface area contributed by atoms with Gasteiger partial charge in [0.25, 0.3) is 0 Å². The summed E-state index contributed by atoms with van der Waals surface area (Å²) in [6.45, 7) is 8.43. The highest BCUT2D eigenvalue weighted by atomic mass is 16.5. The fourth-order valence-electron chi connectivity index (χ4n) is 7.41. The predicted molar refractivity (Wildman–Crippen MR) is 190 cm³/mol. The van der Waals surface area contributed by atoms with Crippen LogP contribution in [-0.2, 0) is 0 Å². The zero-order valence-electron chi connectivity index (χ0n) is 28.2. The van der Waals surface area contributed by atoms with Crippen molar-refractivity contribution in [2.24, 2.45) is 0 Å². The van der Waals surface area contributed by atoms with Gasteiger partial charge in [0.2, 0.25) is 0 Å². The topological polar surface area (TPSA) is 15.7 Å². The van der Waals surface area contributed by atoms with Gasteiger partial charge < -0.3 is 14.5 Å². The Bertz CT molecular complexity index is 1290. The minimum atomic E-state index is 0.529. The minimum absolute atomic E-state index is 0.529. The van der Waals surface area contributed by atoms with Gasteiger partial charge >= 0.3 is 0 Å². The average molecular weight is 593 g/mol. The van der Waals surface area contributed by atoms with Crippen molar-refractivity contribution in [3.05, 3.63) is 95.1 Å². The first-order chi connectivity index (χ1) is 21.4. The highest BCUT2D eigenvalue weighted by Crippen LogP contribution is 2.38. The second-order valence-electron chi connectivity index (χ2n) is 13.7. The van der Waals surface area contributed by atoms with Gasteiger partial charge in [0, 0.05) is 24.3 Å². The van der Waals surface area contributed by atoms with Crippen LogP contribution >= 0.6 is 0 Å². The second-order valence-corrected chi connectivity index (χ2v) is 13.7. The summed E-state index contributed by atoms with van der Waals surface area (Å²) >= 11 is 0. The Labute approximate surface area is 268 Å². The monoisotopic (exact) mass is 592 g/mol. The molecule has 2 saturated carbocycles. The molecule has 0 spiro atoms. The number of likely N-dealkylation sites (N-methyl/N-ethyl adjacent to an activating group) is 1. The minimum Gasteiger partial charge on any atom is -0.492 e. The number of benzene rings is 3. The quantitative estimate of drug-likeness (QED) is 0.195. The van der Waals surface area contributed by atoms with Crippen molar-refractivity contribution in [2.75, 3.05) is 32.1 Å². The van der Waals surface area contributed by atoms with Crippen LogP contribution in [0.25, 0.3) is 11.1 Å². The Morgan fingerprint density at radius 2 is 1.18 bits per heavy atom. The van der Waals surface area contributed by atoms with Gasteiger partial charge in [0.1, 0.15) is 12.4 Å². The molecule has 3 aromatic carbocycles. The van der Waals surface area contributed by atoms with E-state index in [4.69, 9.17) is 4.74 Å². The molecule has 0 aliphatic heterocycles. The van der Waals surface area contributed by atoms with Gasteiger partial charge in [-0.1, -0.05) is 108 Å². The molecule has 0 amide bonds. The first-order valence-corrected chi connectivity index (χ1v) is 17.5. The van der Waals surface area contributed by atoms with E-state index < -0.39 is 0 Å². The normalized spacial score (nSPS) is 17.2. The zero-order valence-corrected chi connectivity index (χ0v) is 28.2. The lowest BCUT2D eigenvalue weighted by Crippen LogP contribution is -2.45. The molecule has 3 heteroatoms. The molecule has 0 radical (unpaired) electrons. The largest absolute Gasteiger partial charge is 0.492 e. The Morgan fingerprint density at radius 1 is 0.682 bits per heavy atom. The van der Waals surface area contributed by atoms with Crippen LogP contribution in [0.5, 0.6) is 5.75 Å². The summed E-state index contributed by atoms with van der Waals surface area (Å²) in [4.78, 5) is 5.01. The lowest BCUT2D eigenvalue weighted by molar-refractivity contribution is 0.261. The maximum atomic E-state index is 6.06. The molecule has 0 atom stereocenters. The maximum absolute atomic E-state index is 6.06. The second kappa shape index (κ2) is 15.8. The van der Waals surface area contributed by atoms with E-state index in [1.54, 1.807) is 0 Å². The lowest BCUT2D eigenvalue weighted by atomic mass is 9.86. The molecule has 0 saturated heterocycles. The fraction of sp³-hybridized carbons (Fsp3) is 0.512. The van der Waals surface area contributed by atoms with Crippen molar-refractivity contribution >= 4 is 16.8 Å². The average Bonchev–Trinajstić information content (AvgIpc) is 3.05.